The Morgan fingerprint density at radius 2 is 2.10 bits per heavy atom. The molecule has 0 atom stereocenters. The second kappa shape index (κ2) is 6.59. The number of oxime groups is 1. The lowest BCUT2D eigenvalue weighted by atomic mass is 9.86. The first-order valence-electron chi connectivity index (χ1n) is 7.08. The molecular weight excluding hydrogens is 259 g/mol. The molecule has 0 aliphatic heterocycles. The van der Waals surface area contributed by atoms with E-state index in [1.807, 2.05) is 0 Å². The lowest BCUT2D eigenvalue weighted by Gasteiger charge is -2.28. The van der Waals surface area contributed by atoms with E-state index in [2.05, 4.69) is 12.1 Å². The number of rotatable bonds is 4. The summed E-state index contributed by atoms with van der Waals surface area (Å²) >= 11 is 0. The molecule has 0 radical (unpaired) electrons. The van der Waals surface area contributed by atoms with Gasteiger partial charge in [-0.1, -0.05) is 18.5 Å². The van der Waals surface area contributed by atoms with Crippen molar-refractivity contribution in [3.63, 3.8) is 0 Å². The van der Waals surface area contributed by atoms with Gasteiger partial charge in [-0.25, -0.2) is 4.39 Å². The highest BCUT2D eigenvalue weighted by Crippen LogP contribution is 2.30. The molecule has 4 nitrogen and oxygen atoms in total. The Morgan fingerprint density at radius 1 is 1.40 bits per heavy atom. The third kappa shape index (κ3) is 3.40. The Kier molecular flexibility index (Phi) is 4.82. The van der Waals surface area contributed by atoms with Crippen molar-refractivity contribution < 1.29 is 14.3 Å². The molecule has 0 unspecified atom stereocenters. The number of nitrogens with two attached hydrogens (primary N) is 1. The number of nitrogens with zero attached hydrogens (tertiary/aromatic N) is 1. The van der Waals surface area contributed by atoms with E-state index < -0.39 is 5.82 Å². The molecular formula is C15H21FN2O2. The average Bonchev–Trinajstić information content (AvgIpc) is 2.49. The Labute approximate surface area is 118 Å². The van der Waals surface area contributed by atoms with Gasteiger partial charge in [0.15, 0.2) is 17.4 Å². The normalized spacial score (nSPS) is 23.6. The van der Waals surface area contributed by atoms with Crippen molar-refractivity contribution in [2.24, 2.45) is 16.8 Å². The molecule has 20 heavy (non-hydrogen) atoms. The summed E-state index contributed by atoms with van der Waals surface area (Å²) in [6, 6.07) is 4.35. The van der Waals surface area contributed by atoms with Gasteiger partial charge in [-0.05, 0) is 49.8 Å². The predicted molar refractivity (Wildman–Crippen MR) is 75.6 cm³/mol. The highest BCUT2D eigenvalue weighted by atomic mass is 19.1. The van der Waals surface area contributed by atoms with Gasteiger partial charge >= 0.3 is 0 Å². The van der Waals surface area contributed by atoms with Crippen LogP contribution in [-0.4, -0.2) is 17.1 Å². The molecule has 1 aliphatic rings. The number of hydrogen-bond donors (Lipinski definition) is 2. The van der Waals surface area contributed by atoms with Gasteiger partial charge in [0.05, 0.1) is 6.10 Å². The molecule has 1 fully saturated rings. The zero-order chi connectivity index (χ0) is 14.5. The Bertz CT molecular complexity index is 483. The van der Waals surface area contributed by atoms with Gasteiger partial charge in [-0.2, -0.15) is 0 Å². The van der Waals surface area contributed by atoms with Crippen LogP contribution in [0.15, 0.2) is 23.4 Å². The maximum atomic E-state index is 13.9. The van der Waals surface area contributed by atoms with Crippen molar-refractivity contribution in [1.82, 2.24) is 0 Å². The summed E-state index contributed by atoms with van der Waals surface area (Å²) in [7, 11) is 0. The fourth-order valence-electron chi connectivity index (χ4n) is 2.65. The smallest absolute Gasteiger partial charge is 0.170 e. The van der Waals surface area contributed by atoms with Crippen LogP contribution in [0.25, 0.3) is 0 Å². The van der Waals surface area contributed by atoms with E-state index in [4.69, 9.17) is 15.7 Å². The third-order valence-electron chi connectivity index (χ3n) is 4.00. The minimum Gasteiger partial charge on any atom is -0.487 e. The standard InChI is InChI=1S/C15H21FN2O2/c1-2-10-3-6-12(7-4-10)20-14-8-5-11(9-13(14)16)15(17)18-19/h5,8-10,12,19H,2-4,6-7H2,1H3,(H2,17,18). The molecule has 3 N–H and O–H groups in total. The van der Waals surface area contributed by atoms with Crippen LogP contribution in [-0.2, 0) is 0 Å². The van der Waals surface area contributed by atoms with Crippen LogP contribution in [0.5, 0.6) is 5.75 Å². The van der Waals surface area contributed by atoms with E-state index >= 15 is 0 Å². The second-order valence-corrected chi connectivity index (χ2v) is 5.30. The largest absolute Gasteiger partial charge is 0.487 e. The van der Waals surface area contributed by atoms with Crippen LogP contribution in [0.3, 0.4) is 0 Å². The van der Waals surface area contributed by atoms with Crippen LogP contribution < -0.4 is 10.5 Å². The summed E-state index contributed by atoms with van der Waals surface area (Å²) in [5.74, 6) is 0.424. The summed E-state index contributed by atoms with van der Waals surface area (Å²) in [4.78, 5) is 0. The maximum Gasteiger partial charge on any atom is 0.170 e. The summed E-state index contributed by atoms with van der Waals surface area (Å²) in [6.07, 6.45) is 5.52. The highest BCUT2D eigenvalue weighted by Gasteiger charge is 2.22. The summed E-state index contributed by atoms with van der Waals surface area (Å²) in [6.45, 7) is 2.21. The zero-order valence-corrected chi connectivity index (χ0v) is 11.7. The van der Waals surface area contributed by atoms with Gasteiger partial charge in [0.1, 0.15) is 0 Å². The average molecular weight is 280 g/mol. The topological polar surface area (TPSA) is 67.8 Å². The number of amidine groups is 1. The lowest BCUT2D eigenvalue weighted by Crippen LogP contribution is -2.24. The van der Waals surface area contributed by atoms with Crippen molar-refractivity contribution in [1.29, 1.82) is 0 Å². The van der Waals surface area contributed by atoms with E-state index in [-0.39, 0.29) is 17.7 Å². The van der Waals surface area contributed by atoms with Gasteiger partial charge in [0, 0.05) is 5.56 Å². The fraction of sp³-hybridized carbons (Fsp3) is 0.533. The minimum absolute atomic E-state index is 0.0852. The van der Waals surface area contributed by atoms with Crippen LogP contribution in [0.2, 0.25) is 0 Å². The van der Waals surface area contributed by atoms with Gasteiger partial charge < -0.3 is 15.7 Å². The van der Waals surface area contributed by atoms with Crippen molar-refractivity contribution in [2.45, 2.75) is 45.1 Å². The number of halogens is 1. The molecule has 2 rings (SSSR count). The number of hydrogen-bond acceptors (Lipinski definition) is 3. The van der Waals surface area contributed by atoms with E-state index in [1.54, 1.807) is 6.07 Å². The van der Waals surface area contributed by atoms with E-state index in [9.17, 15) is 4.39 Å². The third-order valence-corrected chi connectivity index (χ3v) is 4.00. The molecule has 5 heteroatoms. The summed E-state index contributed by atoms with van der Waals surface area (Å²) < 4.78 is 19.7. The van der Waals surface area contributed by atoms with Crippen molar-refractivity contribution in [2.75, 3.05) is 0 Å². The van der Waals surface area contributed by atoms with Gasteiger partial charge in [-0.3, -0.25) is 0 Å². The Hall–Kier alpha value is -1.78. The second-order valence-electron chi connectivity index (χ2n) is 5.30. The zero-order valence-electron chi connectivity index (χ0n) is 11.7. The SMILES string of the molecule is CCC1CCC(Oc2ccc(/C(N)=N/O)cc2F)CC1. The summed E-state index contributed by atoms with van der Waals surface area (Å²) in [5, 5.41) is 11.4. The monoisotopic (exact) mass is 280 g/mol. The van der Waals surface area contributed by atoms with Crippen LogP contribution in [0.4, 0.5) is 4.39 Å². The van der Waals surface area contributed by atoms with E-state index in [0.29, 0.717) is 5.56 Å². The minimum atomic E-state index is -0.480. The molecule has 0 spiro atoms. The molecule has 0 heterocycles. The molecule has 110 valence electrons. The quantitative estimate of drug-likeness (QED) is 0.385. The maximum absolute atomic E-state index is 13.9. The molecule has 1 saturated carbocycles. The van der Waals surface area contributed by atoms with Gasteiger partial charge in [-0.15, -0.1) is 0 Å². The van der Waals surface area contributed by atoms with Gasteiger partial charge in [0.2, 0.25) is 0 Å². The van der Waals surface area contributed by atoms with Gasteiger partial charge in [0.25, 0.3) is 0 Å². The predicted octanol–water partition coefficient (Wildman–Crippen LogP) is 3.27. The first-order valence-corrected chi connectivity index (χ1v) is 7.08. The fourth-order valence-corrected chi connectivity index (χ4v) is 2.65. The van der Waals surface area contributed by atoms with E-state index in [0.717, 1.165) is 31.6 Å². The lowest BCUT2D eigenvalue weighted by molar-refractivity contribution is 0.125. The van der Waals surface area contributed by atoms with Crippen LogP contribution >= 0.6 is 0 Å². The molecule has 1 aromatic carbocycles. The molecule has 0 aromatic heterocycles. The highest BCUT2D eigenvalue weighted by molar-refractivity contribution is 5.97. The van der Waals surface area contributed by atoms with Crippen molar-refractivity contribution in [3.05, 3.63) is 29.6 Å². The molecule has 0 bridgehead atoms. The molecule has 1 aliphatic carbocycles. The first kappa shape index (κ1) is 14.6. The number of ether oxygens (including phenoxy) is 1. The van der Waals surface area contributed by atoms with Crippen molar-refractivity contribution >= 4 is 5.84 Å². The first-order chi connectivity index (χ1) is 9.63. The van der Waals surface area contributed by atoms with Crippen LogP contribution in [0, 0.1) is 11.7 Å². The molecule has 0 saturated heterocycles. The number of benzene rings is 1. The van der Waals surface area contributed by atoms with E-state index in [1.165, 1.54) is 18.6 Å². The van der Waals surface area contributed by atoms with Crippen LogP contribution in [0.1, 0.15) is 44.6 Å². The molecule has 1 aromatic rings. The summed E-state index contributed by atoms with van der Waals surface area (Å²) in [5.41, 5.74) is 5.76. The molecule has 0 amide bonds. The Balaban J connectivity index is 2.00. The Morgan fingerprint density at radius 3 is 2.65 bits per heavy atom. The van der Waals surface area contributed by atoms with Crippen molar-refractivity contribution in [3.8, 4) is 5.75 Å².